The van der Waals surface area contributed by atoms with E-state index in [0.717, 1.165) is 36.9 Å². The van der Waals surface area contributed by atoms with Gasteiger partial charge in [-0.25, -0.2) is 0 Å². The number of rotatable bonds is 4. The van der Waals surface area contributed by atoms with Crippen LogP contribution in [0.3, 0.4) is 0 Å². The lowest BCUT2D eigenvalue weighted by Crippen LogP contribution is -2.65. The molecule has 34 heavy (non-hydrogen) atoms. The molecule has 0 radical (unpaired) electrons. The second-order valence-electron chi connectivity index (χ2n) is 11.3. The molecule has 2 bridgehead atoms. The van der Waals surface area contributed by atoms with Gasteiger partial charge in [-0.15, -0.1) is 0 Å². The van der Waals surface area contributed by atoms with Crippen molar-refractivity contribution in [3.05, 3.63) is 65.2 Å². The Morgan fingerprint density at radius 1 is 1.06 bits per heavy atom. The summed E-state index contributed by atoms with van der Waals surface area (Å²) in [5.41, 5.74) is 3.07. The molecule has 1 heterocycles. The number of benzene rings is 2. The molecule has 3 aliphatic rings. The van der Waals surface area contributed by atoms with Crippen molar-refractivity contribution in [2.24, 2.45) is 11.3 Å². The van der Waals surface area contributed by atoms with Crippen LogP contribution in [0, 0.1) is 11.3 Å². The smallest absolute Gasteiger partial charge is 0.226 e. The van der Waals surface area contributed by atoms with Gasteiger partial charge in [0.15, 0.2) is 0 Å². The van der Waals surface area contributed by atoms with Gasteiger partial charge in [0, 0.05) is 30.0 Å². The molecule has 4 atom stereocenters. The van der Waals surface area contributed by atoms with Crippen LogP contribution in [0.1, 0.15) is 63.1 Å². The SMILES string of the molecule is CC1(C)[C@H]2Cc3c(O)cccc3[C@]1(C)CCN2C(=O)[C@@H]1CCC(NC(=O)Cc2ccccc2)C1. The number of likely N-dealkylation sites (tertiary alicyclic amines) is 1. The molecule has 0 aromatic heterocycles. The molecule has 0 spiro atoms. The number of phenols is 1. The largest absolute Gasteiger partial charge is 0.508 e. The van der Waals surface area contributed by atoms with Crippen molar-refractivity contribution in [2.45, 2.75) is 76.8 Å². The van der Waals surface area contributed by atoms with Crippen molar-refractivity contribution in [3.63, 3.8) is 0 Å². The normalized spacial score (nSPS) is 29.4. The van der Waals surface area contributed by atoms with Gasteiger partial charge < -0.3 is 15.3 Å². The summed E-state index contributed by atoms with van der Waals surface area (Å²) in [5, 5.41) is 13.8. The zero-order valence-corrected chi connectivity index (χ0v) is 20.5. The fourth-order valence-corrected chi connectivity index (χ4v) is 6.82. The monoisotopic (exact) mass is 460 g/mol. The van der Waals surface area contributed by atoms with E-state index >= 15 is 0 Å². The van der Waals surface area contributed by atoms with Gasteiger partial charge in [0.1, 0.15) is 5.75 Å². The Kier molecular flexibility index (Phi) is 5.70. The van der Waals surface area contributed by atoms with Crippen molar-refractivity contribution in [1.29, 1.82) is 0 Å². The number of fused-ring (bicyclic) bond motifs is 4. The molecule has 2 amide bonds. The van der Waals surface area contributed by atoms with E-state index in [2.05, 4.69) is 37.1 Å². The molecule has 2 fully saturated rings. The molecule has 1 aliphatic heterocycles. The molecular weight excluding hydrogens is 424 g/mol. The van der Waals surface area contributed by atoms with Crippen LogP contribution in [0.15, 0.2) is 48.5 Å². The Bertz CT molecular complexity index is 1100. The number of hydrogen-bond donors (Lipinski definition) is 2. The minimum absolute atomic E-state index is 0.0264. The van der Waals surface area contributed by atoms with Crippen molar-refractivity contribution < 1.29 is 14.7 Å². The Hall–Kier alpha value is -2.82. The number of carbonyl (C=O) groups excluding carboxylic acids is 2. The second-order valence-corrected chi connectivity index (χ2v) is 11.3. The van der Waals surface area contributed by atoms with Crippen LogP contribution in [-0.4, -0.2) is 40.4 Å². The third-order valence-electron chi connectivity index (χ3n) is 9.26. The number of piperidine rings is 1. The summed E-state index contributed by atoms with van der Waals surface area (Å²) in [4.78, 5) is 28.4. The lowest BCUT2D eigenvalue weighted by molar-refractivity contribution is -0.148. The van der Waals surface area contributed by atoms with E-state index in [1.807, 2.05) is 36.4 Å². The van der Waals surface area contributed by atoms with Crippen LogP contribution < -0.4 is 5.32 Å². The van der Waals surface area contributed by atoms with Gasteiger partial charge in [0.2, 0.25) is 11.8 Å². The summed E-state index contributed by atoms with van der Waals surface area (Å²) in [6, 6.07) is 15.8. The van der Waals surface area contributed by atoms with E-state index in [9.17, 15) is 14.7 Å². The van der Waals surface area contributed by atoms with E-state index in [0.29, 0.717) is 25.0 Å². The summed E-state index contributed by atoms with van der Waals surface area (Å²) in [7, 11) is 0. The highest BCUT2D eigenvalue weighted by Crippen LogP contribution is 2.57. The highest BCUT2D eigenvalue weighted by atomic mass is 16.3. The maximum Gasteiger partial charge on any atom is 0.226 e. The van der Waals surface area contributed by atoms with E-state index < -0.39 is 0 Å². The first-order valence-corrected chi connectivity index (χ1v) is 12.7. The fourth-order valence-electron chi connectivity index (χ4n) is 6.82. The molecule has 2 aliphatic carbocycles. The second kappa shape index (κ2) is 8.44. The number of aromatic hydroxyl groups is 1. The zero-order chi connectivity index (χ0) is 24.1. The van der Waals surface area contributed by atoms with Crippen LogP contribution in [0.2, 0.25) is 0 Å². The van der Waals surface area contributed by atoms with Crippen LogP contribution in [0.4, 0.5) is 0 Å². The first-order valence-electron chi connectivity index (χ1n) is 12.7. The molecule has 1 saturated carbocycles. The van der Waals surface area contributed by atoms with Crippen molar-refractivity contribution in [1.82, 2.24) is 10.2 Å². The van der Waals surface area contributed by atoms with Crippen LogP contribution >= 0.6 is 0 Å². The summed E-state index contributed by atoms with van der Waals surface area (Å²) >= 11 is 0. The highest BCUT2D eigenvalue weighted by molar-refractivity contribution is 5.81. The van der Waals surface area contributed by atoms with E-state index in [-0.39, 0.29) is 40.6 Å². The molecule has 2 aromatic carbocycles. The lowest BCUT2D eigenvalue weighted by atomic mass is 9.51. The first kappa shape index (κ1) is 22.9. The molecule has 1 unspecified atom stereocenters. The van der Waals surface area contributed by atoms with Gasteiger partial charge in [0.05, 0.1) is 6.42 Å². The zero-order valence-electron chi connectivity index (χ0n) is 20.5. The Morgan fingerprint density at radius 3 is 2.59 bits per heavy atom. The van der Waals surface area contributed by atoms with Gasteiger partial charge in [-0.05, 0) is 60.3 Å². The molecule has 5 heteroatoms. The van der Waals surface area contributed by atoms with Gasteiger partial charge >= 0.3 is 0 Å². The van der Waals surface area contributed by atoms with Gasteiger partial charge in [-0.1, -0.05) is 63.2 Å². The van der Waals surface area contributed by atoms with Gasteiger partial charge in [-0.3, -0.25) is 9.59 Å². The minimum atomic E-state index is -0.0936. The molecule has 5 rings (SSSR count). The topological polar surface area (TPSA) is 69.6 Å². The minimum Gasteiger partial charge on any atom is -0.508 e. The van der Waals surface area contributed by atoms with Crippen LogP contribution in [-0.2, 0) is 27.8 Å². The van der Waals surface area contributed by atoms with Crippen molar-refractivity contribution in [3.8, 4) is 5.75 Å². The lowest BCUT2D eigenvalue weighted by Gasteiger charge is -2.61. The fraction of sp³-hybridized carbons (Fsp3) is 0.517. The summed E-state index contributed by atoms with van der Waals surface area (Å²) in [5.74, 6) is 0.547. The number of carbonyl (C=O) groups is 2. The highest BCUT2D eigenvalue weighted by Gasteiger charge is 2.57. The molecule has 5 nitrogen and oxygen atoms in total. The average molecular weight is 461 g/mol. The number of nitrogens with one attached hydrogen (secondary N) is 1. The molecule has 180 valence electrons. The Morgan fingerprint density at radius 2 is 1.82 bits per heavy atom. The maximum atomic E-state index is 13.8. The summed E-state index contributed by atoms with van der Waals surface area (Å²) in [6.45, 7) is 7.61. The molecule has 2 N–H and O–H groups in total. The third-order valence-corrected chi connectivity index (χ3v) is 9.26. The third kappa shape index (κ3) is 3.70. The maximum absolute atomic E-state index is 13.8. The van der Waals surface area contributed by atoms with Crippen molar-refractivity contribution >= 4 is 11.8 Å². The van der Waals surface area contributed by atoms with Crippen LogP contribution in [0.25, 0.3) is 0 Å². The summed E-state index contributed by atoms with van der Waals surface area (Å²) < 4.78 is 0. The molecule has 1 saturated heterocycles. The quantitative estimate of drug-likeness (QED) is 0.712. The molecule has 2 aromatic rings. The number of phenolic OH excluding ortho intramolecular Hbond substituents is 1. The van der Waals surface area contributed by atoms with Crippen LogP contribution in [0.5, 0.6) is 5.75 Å². The number of hydrogen-bond acceptors (Lipinski definition) is 3. The van der Waals surface area contributed by atoms with Crippen molar-refractivity contribution in [2.75, 3.05) is 6.54 Å². The Balaban J connectivity index is 1.28. The summed E-state index contributed by atoms with van der Waals surface area (Å²) in [6.07, 6.45) is 4.34. The van der Waals surface area contributed by atoms with E-state index in [1.54, 1.807) is 6.07 Å². The predicted octanol–water partition coefficient (Wildman–Crippen LogP) is 4.36. The van der Waals surface area contributed by atoms with Gasteiger partial charge in [0.25, 0.3) is 0 Å². The predicted molar refractivity (Wildman–Crippen MR) is 132 cm³/mol. The number of amides is 2. The standard InChI is InChI=1S/C29H36N2O3/c1-28(2)25-18-22-23(10-7-11-24(22)32)29(28,3)14-15-31(25)27(34)20-12-13-21(17-20)30-26(33)16-19-8-5-4-6-9-19/h4-11,20-21,25,32H,12-18H2,1-3H3,(H,30,33)/t20-,21?,25-,29+/m1/s1. The Labute approximate surface area is 202 Å². The van der Waals surface area contributed by atoms with E-state index in [1.165, 1.54) is 5.56 Å². The first-order chi connectivity index (χ1) is 16.2. The molecular formula is C29H36N2O3. The van der Waals surface area contributed by atoms with Gasteiger partial charge in [-0.2, -0.15) is 0 Å². The number of nitrogens with zero attached hydrogens (tertiary/aromatic N) is 1. The average Bonchev–Trinajstić information content (AvgIpc) is 3.25. The van der Waals surface area contributed by atoms with E-state index in [4.69, 9.17) is 0 Å².